The number of carbonyl (C=O) groups is 3. The summed E-state index contributed by atoms with van der Waals surface area (Å²) in [6.45, 7) is 8.40. The molecule has 1 aromatic carbocycles. The average molecular weight is 429 g/mol. The molecule has 3 rings (SSSR count). The molecule has 0 spiro atoms. The van der Waals surface area contributed by atoms with E-state index in [0.29, 0.717) is 28.3 Å². The monoisotopic (exact) mass is 429 g/mol. The molecule has 0 atom stereocenters. The summed E-state index contributed by atoms with van der Waals surface area (Å²) in [4.78, 5) is 39.5. The van der Waals surface area contributed by atoms with E-state index in [2.05, 4.69) is 4.98 Å². The zero-order valence-electron chi connectivity index (χ0n) is 18.4. The molecule has 0 amide bonds. The predicted molar refractivity (Wildman–Crippen MR) is 112 cm³/mol. The first kappa shape index (κ1) is 22.4. The Morgan fingerprint density at radius 2 is 1.87 bits per heavy atom. The van der Waals surface area contributed by atoms with Gasteiger partial charge in [-0.3, -0.25) is 4.79 Å². The van der Waals surface area contributed by atoms with Gasteiger partial charge in [0.05, 0.1) is 17.9 Å². The van der Waals surface area contributed by atoms with E-state index >= 15 is 0 Å². The topological polar surface area (TPSA) is 104 Å². The molecule has 0 bridgehead atoms. The summed E-state index contributed by atoms with van der Waals surface area (Å²) in [5.41, 5.74) is 2.21. The van der Waals surface area contributed by atoms with Crippen molar-refractivity contribution in [2.75, 3.05) is 19.8 Å². The quantitative estimate of drug-likeness (QED) is 0.507. The minimum absolute atomic E-state index is 0.214. The van der Waals surface area contributed by atoms with Gasteiger partial charge >= 0.3 is 11.9 Å². The normalized spacial score (nSPS) is 13.8. The molecule has 0 unspecified atom stereocenters. The van der Waals surface area contributed by atoms with Crippen molar-refractivity contribution in [2.45, 2.75) is 46.6 Å². The highest BCUT2D eigenvalue weighted by Crippen LogP contribution is 2.41. The summed E-state index contributed by atoms with van der Waals surface area (Å²) in [5, 5.41) is 0. The minimum Gasteiger partial charge on any atom is -0.483 e. The summed E-state index contributed by atoms with van der Waals surface area (Å²) in [6, 6.07) is 5.52. The molecule has 0 saturated heterocycles. The molecule has 1 aromatic heterocycles. The van der Waals surface area contributed by atoms with Crippen LogP contribution in [0.2, 0.25) is 0 Å². The fourth-order valence-electron chi connectivity index (χ4n) is 3.64. The summed E-state index contributed by atoms with van der Waals surface area (Å²) < 4.78 is 21.6. The van der Waals surface area contributed by atoms with E-state index in [0.717, 1.165) is 12.0 Å². The number of aromatic nitrogens is 1. The third-order valence-electron chi connectivity index (χ3n) is 4.96. The Kier molecular flexibility index (Phi) is 6.38. The lowest BCUT2D eigenvalue weighted by Crippen LogP contribution is -2.25. The number of ketones is 1. The van der Waals surface area contributed by atoms with E-state index in [-0.39, 0.29) is 24.5 Å². The van der Waals surface area contributed by atoms with Crippen LogP contribution in [0.4, 0.5) is 0 Å². The average Bonchev–Trinajstić information content (AvgIpc) is 3.18. The maximum atomic E-state index is 12.5. The molecule has 1 N–H and O–H groups in total. The number of hydrogen-bond donors (Lipinski definition) is 1. The first-order valence-electron chi connectivity index (χ1n) is 10.1. The van der Waals surface area contributed by atoms with E-state index in [1.165, 1.54) is 0 Å². The highest BCUT2D eigenvalue weighted by molar-refractivity contribution is 6.02. The Labute approximate surface area is 180 Å². The lowest BCUT2D eigenvalue weighted by Gasteiger charge is -2.18. The van der Waals surface area contributed by atoms with Gasteiger partial charge in [-0.1, -0.05) is 12.1 Å². The van der Waals surface area contributed by atoms with Gasteiger partial charge in [0.25, 0.3) is 0 Å². The van der Waals surface area contributed by atoms with Crippen LogP contribution in [0.15, 0.2) is 18.2 Å². The summed E-state index contributed by atoms with van der Waals surface area (Å²) in [6.07, 6.45) is 0.751. The molecule has 1 aliphatic heterocycles. The van der Waals surface area contributed by atoms with Crippen molar-refractivity contribution in [3.63, 3.8) is 0 Å². The zero-order chi connectivity index (χ0) is 22.8. The van der Waals surface area contributed by atoms with Crippen molar-refractivity contribution >= 4 is 17.7 Å². The number of benzene rings is 1. The van der Waals surface area contributed by atoms with Crippen LogP contribution in [-0.2, 0) is 20.7 Å². The molecule has 0 saturated carbocycles. The van der Waals surface area contributed by atoms with Crippen LogP contribution in [0, 0.1) is 13.8 Å². The standard InChI is InChI=1S/C23H27NO7/c1-6-28-22(27)19-13(2)20(24-14(19)3)16(25)11-30-18(26)12-29-17-9-7-8-15-10-23(4,5)31-21(15)17/h7-9,24H,6,10-12H2,1-5H3. The smallest absolute Gasteiger partial charge is 0.344 e. The molecular weight excluding hydrogens is 402 g/mol. The van der Waals surface area contributed by atoms with Crippen molar-refractivity contribution in [3.05, 3.63) is 46.3 Å². The zero-order valence-corrected chi connectivity index (χ0v) is 18.4. The number of nitrogens with one attached hydrogen (secondary N) is 1. The van der Waals surface area contributed by atoms with Gasteiger partial charge in [0.15, 0.2) is 24.7 Å². The van der Waals surface area contributed by atoms with Gasteiger partial charge in [-0.25, -0.2) is 9.59 Å². The van der Waals surface area contributed by atoms with E-state index in [1.807, 2.05) is 26.0 Å². The second-order valence-electron chi connectivity index (χ2n) is 8.00. The van der Waals surface area contributed by atoms with Crippen LogP contribution in [0.5, 0.6) is 11.5 Å². The number of hydrogen-bond acceptors (Lipinski definition) is 7. The molecule has 31 heavy (non-hydrogen) atoms. The third kappa shape index (κ3) is 4.90. The maximum absolute atomic E-state index is 12.5. The van der Waals surface area contributed by atoms with Gasteiger partial charge < -0.3 is 23.9 Å². The Bertz CT molecular complexity index is 1020. The first-order valence-corrected chi connectivity index (χ1v) is 10.1. The van der Waals surface area contributed by atoms with Crippen LogP contribution >= 0.6 is 0 Å². The van der Waals surface area contributed by atoms with Crippen LogP contribution in [0.25, 0.3) is 0 Å². The maximum Gasteiger partial charge on any atom is 0.344 e. The molecule has 0 fully saturated rings. The number of rotatable bonds is 8. The number of H-pyrrole nitrogens is 1. The molecule has 2 aromatic rings. The number of esters is 2. The Morgan fingerprint density at radius 3 is 2.58 bits per heavy atom. The van der Waals surface area contributed by atoms with Crippen LogP contribution < -0.4 is 9.47 Å². The van der Waals surface area contributed by atoms with Crippen LogP contribution in [0.1, 0.15) is 58.4 Å². The lowest BCUT2D eigenvalue weighted by atomic mass is 10.0. The second kappa shape index (κ2) is 8.83. The van der Waals surface area contributed by atoms with Gasteiger partial charge in [0.1, 0.15) is 5.60 Å². The Morgan fingerprint density at radius 1 is 1.13 bits per heavy atom. The molecule has 8 heteroatoms. The Hall–Kier alpha value is -3.29. The van der Waals surface area contributed by atoms with Gasteiger partial charge in [0.2, 0.25) is 5.78 Å². The fourth-order valence-corrected chi connectivity index (χ4v) is 3.64. The van der Waals surface area contributed by atoms with Gasteiger partial charge in [0, 0.05) is 17.7 Å². The minimum atomic E-state index is -0.685. The number of para-hydroxylation sites is 1. The largest absolute Gasteiger partial charge is 0.483 e. The highest BCUT2D eigenvalue weighted by atomic mass is 16.6. The van der Waals surface area contributed by atoms with Crippen LogP contribution in [0.3, 0.4) is 0 Å². The predicted octanol–water partition coefficient (Wildman–Crippen LogP) is 3.33. The van der Waals surface area contributed by atoms with Gasteiger partial charge in [-0.15, -0.1) is 0 Å². The van der Waals surface area contributed by atoms with E-state index < -0.39 is 24.3 Å². The van der Waals surface area contributed by atoms with Crippen molar-refractivity contribution in [1.82, 2.24) is 4.98 Å². The molecule has 166 valence electrons. The Balaban J connectivity index is 1.57. The number of aromatic amines is 1. The van der Waals surface area contributed by atoms with Crippen molar-refractivity contribution in [3.8, 4) is 11.5 Å². The molecule has 8 nitrogen and oxygen atoms in total. The summed E-state index contributed by atoms with van der Waals surface area (Å²) >= 11 is 0. The number of ether oxygens (including phenoxy) is 4. The number of Topliss-reactive ketones (excluding diaryl/α,β-unsaturated/α-hetero) is 1. The highest BCUT2D eigenvalue weighted by Gasteiger charge is 2.32. The van der Waals surface area contributed by atoms with E-state index in [4.69, 9.17) is 18.9 Å². The molecule has 0 radical (unpaired) electrons. The van der Waals surface area contributed by atoms with Crippen molar-refractivity contribution < 1.29 is 33.3 Å². The number of aryl methyl sites for hydroxylation is 1. The van der Waals surface area contributed by atoms with E-state index in [1.54, 1.807) is 26.8 Å². The second-order valence-corrected chi connectivity index (χ2v) is 8.00. The molecule has 0 aliphatic carbocycles. The first-order chi connectivity index (χ1) is 14.6. The van der Waals surface area contributed by atoms with Crippen LogP contribution in [-0.4, -0.2) is 48.1 Å². The van der Waals surface area contributed by atoms with Gasteiger partial charge in [-0.05, 0) is 46.2 Å². The third-order valence-corrected chi connectivity index (χ3v) is 4.96. The fraction of sp³-hybridized carbons (Fsp3) is 0.435. The van der Waals surface area contributed by atoms with E-state index in [9.17, 15) is 14.4 Å². The van der Waals surface area contributed by atoms with Gasteiger partial charge in [-0.2, -0.15) is 0 Å². The number of carbonyl (C=O) groups excluding carboxylic acids is 3. The summed E-state index contributed by atoms with van der Waals surface area (Å²) in [5.74, 6) is -0.550. The lowest BCUT2D eigenvalue weighted by molar-refractivity contribution is -0.144. The van der Waals surface area contributed by atoms with Crippen molar-refractivity contribution in [2.24, 2.45) is 0 Å². The summed E-state index contributed by atoms with van der Waals surface area (Å²) in [7, 11) is 0. The molecular formula is C23H27NO7. The molecule has 2 heterocycles. The number of fused-ring (bicyclic) bond motifs is 1. The SMILES string of the molecule is CCOC(=O)c1c(C)[nH]c(C(=O)COC(=O)COc2cccc3c2OC(C)(C)C3)c1C. The van der Waals surface area contributed by atoms with Crippen molar-refractivity contribution in [1.29, 1.82) is 0 Å². The molecule has 1 aliphatic rings.